The van der Waals surface area contributed by atoms with Crippen molar-refractivity contribution in [2.45, 2.75) is 32.9 Å². The van der Waals surface area contributed by atoms with Gasteiger partial charge in [0.25, 0.3) is 0 Å². The smallest absolute Gasteiger partial charge is 0.0770 e. The Labute approximate surface area is 137 Å². The van der Waals surface area contributed by atoms with Crippen molar-refractivity contribution in [2.75, 3.05) is 6.54 Å². The number of hydrogen-bond donors (Lipinski definition) is 1. The van der Waals surface area contributed by atoms with Gasteiger partial charge >= 0.3 is 0 Å². The third kappa shape index (κ3) is 3.32. The summed E-state index contributed by atoms with van der Waals surface area (Å²) in [5, 5.41) is 8.06. The summed E-state index contributed by atoms with van der Waals surface area (Å²) in [5.74, 6) is 0. The molecule has 0 spiro atoms. The average molecular weight is 401 g/mol. The predicted molar refractivity (Wildman–Crippen MR) is 89.9 cm³/mol. The molecule has 108 valence electrons. The zero-order valence-corrected chi connectivity index (χ0v) is 14.9. The van der Waals surface area contributed by atoms with E-state index in [1.54, 1.807) is 0 Å². The molecule has 5 heteroatoms. The molecule has 0 fully saturated rings. The maximum atomic E-state index is 4.43. The monoisotopic (exact) mass is 399 g/mol. The molecule has 0 saturated heterocycles. The molecule has 0 aliphatic rings. The average Bonchev–Trinajstić information content (AvgIpc) is 2.82. The van der Waals surface area contributed by atoms with Crippen LogP contribution in [0.15, 0.2) is 39.4 Å². The summed E-state index contributed by atoms with van der Waals surface area (Å²) in [6.45, 7) is 6.11. The molecule has 0 aliphatic carbocycles. The van der Waals surface area contributed by atoms with Crippen molar-refractivity contribution in [1.29, 1.82) is 0 Å². The van der Waals surface area contributed by atoms with Crippen LogP contribution >= 0.6 is 31.9 Å². The van der Waals surface area contributed by atoms with Crippen molar-refractivity contribution >= 4 is 31.9 Å². The Hall–Kier alpha value is -0.650. The third-order valence-corrected chi connectivity index (χ3v) is 4.55. The Morgan fingerprint density at radius 3 is 2.60 bits per heavy atom. The zero-order chi connectivity index (χ0) is 14.5. The summed E-state index contributed by atoms with van der Waals surface area (Å²) in [6, 6.07) is 8.47. The highest BCUT2D eigenvalue weighted by atomic mass is 79.9. The molecule has 2 rings (SSSR count). The highest BCUT2D eigenvalue weighted by molar-refractivity contribution is 9.10. The van der Waals surface area contributed by atoms with Gasteiger partial charge in [0.05, 0.1) is 22.4 Å². The SMILES string of the molecule is CCCNC(c1ccccc1Br)c1c(Br)cnn1CC. The first-order valence-corrected chi connectivity index (χ1v) is 8.46. The molecule has 1 aromatic carbocycles. The number of aromatic nitrogens is 2. The molecule has 0 saturated carbocycles. The molecule has 1 aromatic heterocycles. The Morgan fingerprint density at radius 2 is 1.95 bits per heavy atom. The minimum atomic E-state index is 0.127. The van der Waals surface area contributed by atoms with Gasteiger partial charge in [-0.05, 0) is 47.4 Å². The van der Waals surface area contributed by atoms with E-state index in [2.05, 4.69) is 74.3 Å². The third-order valence-electron chi connectivity index (χ3n) is 3.22. The van der Waals surface area contributed by atoms with Gasteiger partial charge in [0.1, 0.15) is 0 Å². The number of hydrogen-bond acceptors (Lipinski definition) is 2. The topological polar surface area (TPSA) is 29.9 Å². The minimum Gasteiger partial charge on any atom is -0.305 e. The van der Waals surface area contributed by atoms with Gasteiger partial charge in [0.15, 0.2) is 0 Å². The van der Waals surface area contributed by atoms with Gasteiger partial charge in [0, 0.05) is 11.0 Å². The van der Waals surface area contributed by atoms with Crippen LogP contribution in [0.1, 0.15) is 37.6 Å². The second-order valence-electron chi connectivity index (χ2n) is 4.60. The maximum Gasteiger partial charge on any atom is 0.0770 e. The van der Waals surface area contributed by atoms with Gasteiger partial charge in [-0.2, -0.15) is 5.10 Å². The van der Waals surface area contributed by atoms with Crippen LogP contribution in [0.5, 0.6) is 0 Å². The molecule has 3 nitrogen and oxygen atoms in total. The van der Waals surface area contributed by atoms with Gasteiger partial charge in [-0.1, -0.05) is 41.1 Å². The number of nitrogens with one attached hydrogen (secondary N) is 1. The fraction of sp³-hybridized carbons (Fsp3) is 0.400. The summed E-state index contributed by atoms with van der Waals surface area (Å²) in [4.78, 5) is 0. The number of benzene rings is 1. The van der Waals surface area contributed by atoms with Crippen LogP contribution < -0.4 is 5.32 Å². The quantitative estimate of drug-likeness (QED) is 0.772. The highest BCUT2D eigenvalue weighted by Crippen LogP contribution is 2.32. The van der Waals surface area contributed by atoms with Crippen molar-refractivity contribution in [2.24, 2.45) is 0 Å². The zero-order valence-electron chi connectivity index (χ0n) is 11.7. The summed E-state index contributed by atoms with van der Waals surface area (Å²) in [6.07, 6.45) is 2.97. The molecule has 1 atom stereocenters. The van der Waals surface area contributed by atoms with Crippen LogP contribution in [0.25, 0.3) is 0 Å². The Balaban J connectivity index is 2.47. The molecule has 1 heterocycles. The predicted octanol–water partition coefficient (Wildman–Crippen LogP) is 4.52. The van der Waals surface area contributed by atoms with Crippen LogP contribution in [0.2, 0.25) is 0 Å². The maximum absolute atomic E-state index is 4.43. The van der Waals surface area contributed by atoms with E-state index in [4.69, 9.17) is 0 Å². The molecule has 0 bridgehead atoms. The van der Waals surface area contributed by atoms with E-state index in [9.17, 15) is 0 Å². The van der Waals surface area contributed by atoms with E-state index in [-0.39, 0.29) is 6.04 Å². The minimum absolute atomic E-state index is 0.127. The Bertz CT molecular complexity index is 566. The lowest BCUT2D eigenvalue weighted by Crippen LogP contribution is -2.26. The highest BCUT2D eigenvalue weighted by Gasteiger charge is 2.22. The fourth-order valence-corrected chi connectivity index (χ4v) is 3.30. The molecule has 0 radical (unpaired) electrons. The first kappa shape index (κ1) is 15.7. The lowest BCUT2D eigenvalue weighted by molar-refractivity contribution is 0.527. The van der Waals surface area contributed by atoms with Gasteiger partial charge < -0.3 is 5.32 Å². The second kappa shape index (κ2) is 7.38. The fourth-order valence-electron chi connectivity index (χ4n) is 2.26. The number of aryl methyl sites for hydroxylation is 1. The summed E-state index contributed by atoms with van der Waals surface area (Å²) in [5.41, 5.74) is 2.41. The Kier molecular flexibility index (Phi) is 5.81. The molecule has 0 amide bonds. The number of halogens is 2. The summed E-state index contributed by atoms with van der Waals surface area (Å²) in [7, 11) is 0. The summed E-state index contributed by atoms with van der Waals surface area (Å²) < 4.78 is 4.20. The van der Waals surface area contributed by atoms with E-state index >= 15 is 0 Å². The van der Waals surface area contributed by atoms with E-state index < -0.39 is 0 Å². The number of nitrogens with zero attached hydrogens (tertiary/aromatic N) is 2. The molecular formula is C15H19Br2N3. The van der Waals surface area contributed by atoms with E-state index in [0.717, 1.165) is 28.5 Å². The van der Waals surface area contributed by atoms with E-state index in [0.29, 0.717) is 0 Å². The molecule has 20 heavy (non-hydrogen) atoms. The first-order chi connectivity index (χ1) is 9.69. The van der Waals surface area contributed by atoms with Crippen molar-refractivity contribution < 1.29 is 0 Å². The van der Waals surface area contributed by atoms with E-state index in [1.807, 2.05) is 16.9 Å². The van der Waals surface area contributed by atoms with Crippen molar-refractivity contribution in [3.05, 3.63) is 50.7 Å². The normalized spacial score (nSPS) is 12.6. The van der Waals surface area contributed by atoms with Crippen LogP contribution in [0, 0.1) is 0 Å². The van der Waals surface area contributed by atoms with Gasteiger partial charge in [0.2, 0.25) is 0 Å². The molecule has 1 unspecified atom stereocenters. The summed E-state index contributed by atoms with van der Waals surface area (Å²) >= 11 is 7.29. The Morgan fingerprint density at radius 1 is 1.20 bits per heavy atom. The number of rotatable bonds is 6. The molecular weight excluding hydrogens is 382 g/mol. The molecule has 2 aromatic rings. The van der Waals surface area contributed by atoms with Crippen LogP contribution in [0.3, 0.4) is 0 Å². The van der Waals surface area contributed by atoms with E-state index in [1.165, 1.54) is 11.3 Å². The van der Waals surface area contributed by atoms with Gasteiger partial charge in [-0.15, -0.1) is 0 Å². The lowest BCUT2D eigenvalue weighted by Gasteiger charge is -2.22. The molecule has 1 N–H and O–H groups in total. The van der Waals surface area contributed by atoms with Crippen molar-refractivity contribution in [3.63, 3.8) is 0 Å². The second-order valence-corrected chi connectivity index (χ2v) is 6.31. The van der Waals surface area contributed by atoms with Crippen molar-refractivity contribution in [3.8, 4) is 0 Å². The standard InChI is InChI=1S/C15H19Br2N3/c1-3-9-18-14(11-7-5-6-8-12(11)16)15-13(17)10-19-20(15)4-2/h5-8,10,14,18H,3-4,9H2,1-2H3. The van der Waals surface area contributed by atoms with Crippen LogP contribution in [-0.2, 0) is 6.54 Å². The van der Waals surface area contributed by atoms with Gasteiger partial charge in [-0.3, -0.25) is 4.68 Å². The largest absolute Gasteiger partial charge is 0.305 e. The first-order valence-electron chi connectivity index (χ1n) is 6.88. The van der Waals surface area contributed by atoms with Gasteiger partial charge in [-0.25, -0.2) is 0 Å². The van der Waals surface area contributed by atoms with Crippen LogP contribution in [0.4, 0.5) is 0 Å². The van der Waals surface area contributed by atoms with Crippen LogP contribution in [-0.4, -0.2) is 16.3 Å². The molecule has 0 aliphatic heterocycles. The van der Waals surface area contributed by atoms with Crippen molar-refractivity contribution in [1.82, 2.24) is 15.1 Å². The lowest BCUT2D eigenvalue weighted by atomic mass is 10.0.